The highest BCUT2D eigenvalue weighted by atomic mass is 127. The first-order chi connectivity index (χ1) is 10.2. The second-order valence-corrected chi connectivity index (χ2v) is 6.70. The van der Waals surface area contributed by atoms with Crippen LogP contribution in [0.3, 0.4) is 0 Å². The molecule has 0 heterocycles. The van der Waals surface area contributed by atoms with Crippen LogP contribution in [0, 0.1) is 23.3 Å². The van der Waals surface area contributed by atoms with Gasteiger partial charge in [0.05, 0.1) is 0 Å². The fourth-order valence-electron chi connectivity index (χ4n) is 1.54. The van der Waals surface area contributed by atoms with Gasteiger partial charge in [-0.15, -0.1) is 24.0 Å². The van der Waals surface area contributed by atoms with Gasteiger partial charge in [-0.3, -0.25) is 4.99 Å². The highest BCUT2D eigenvalue weighted by Gasteiger charge is 2.20. The largest absolute Gasteiger partial charge is 0.355 e. The van der Waals surface area contributed by atoms with E-state index in [1.54, 1.807) is 11.8 Å². The van der Waals surface area contributed by atoms with E-state index < -0.39 is 35.4 Å². The number of thioether (sulfide) groups is 1. The Hall–Kier alpha value is -0.710. The lowest BCUT2D eigenvalue weighted by Gasteiger charge is -2.23. The number of nitrogens with zero attached hydrogens (tertiary/aromatic N) is 1. The van der Waals surface area contributed by atoms with Gasteiger partial charge >= 0.3 is 0 Å². The minimum Gasteiger partial charge on any atom is -0.355 e. The Bertz CT molecular complexity index is 541. The minimum absolute atomic E-state index is 0. The summed E-state index contributed by atoms with van der Waals surface area (Å²) in [5.74, 6) is -5.40. The van der Waals surface area contributed by atoms with Gasteiger partial charge in [-0.2, -0.15) is 11.8 Å². The fourth-order valence-corrected chi connectivity index (χ4v) is 1.76. The first-order valence-electron chi connectivity index (χ1n) is 6.53. The summed E-state index contributed by atoms with van der Waals surface area (Å²) in [6.45, 7) is 4.15. The zero-order valence-corrected chi connectivity index (χ0v) is 16.4. The molecule has 0 radical (unpaired) electrons. The van der Waals surface area contributed by atoms with Crippen LogP contribution < -0.4 is 10.6 Å². The number of hydrogen-bond donors (Lipinski definition) is 2. The summed E-state index contributed by atoms with van der Waals surface area (Å²) in [5.41, 5.74) is -0.704. The molecule has 0 saturated carbocycles. The summed E-state index contributed by atoms with van der Waals surface area (Å²) >= 11 is 1.64. The van der Waals surface area contributed by atoms with Gasteiger partial charge in [0.2, 0.25) is 0 Å². The van der Waals surface area contributed by atoms with Gasteiger partial charge in [0, 0.05) is 36.5 Å². The second kappa shape index (κ2) is 9.55. The maximum atomic E-state index is 13.5. The molecule has 0 spiro atoms. The molecule has 0 unspecified atom stereocenters. The van der Waals surface area contributed by atoms with Gasteiger partial charge in [-0.25, -0.2) is 17.6 Å². The predicted octanol–water partition coefficient (Wildman–Crippen LogP) is 3.67. The zero-order chi connectivity index (χ0) is 16.9. The lowest BCUT2D eigenvalue weighted by atomic mass is 10.2. The molecule has 3 nitrogen and oxygen atoms in total. The van der Waals surface area contributed by atoms with Crippen molar-refractivity contribution in [2.24, 2.45) is 4.99 Å². The van der Waals surface area contributed by atoms with E-state index >= 15 is 0 Å². The quantitative estimate of drug-likeness (QED) is 0.229. The number of benzene rings is 1. The molecule has 2 N–H and O–H groups in total. The minimum atomic E-state index is -1.43. The Morgan fingerprint density at radius 2 is 1.65 bits per heavy atom. The van der Waals surface area contributed by atoms with Crippen molar-refractivity contribution in [1.29, 1.82) is 0 Å². The number of guanidine groups is 1. The molecule has 0 fully saturated rings. The maximum absolute atomic E-state index is 13.5. The Morgan fingerprint density at radius 3 is 2.09 bits per heavy atom. The molecular formula is C14H20F4IN3S. The highest BCUT2D eigenvalue weighted by Crippen LogP contribution is 2.20. The first kappa shape index (κ1) is 22.3. The third-order valence-electron chi connectivity index (χ3n) is 3.09. The second-order valence-electron chi connectivity index (χ2n) is 5.19. The van der Waals surface area contributed by atoms with Crippen molar-refractivity contribution in [2.45, 2.75) is 25.1 Å². The number of halogens is 5. The topological polar surface area (TPSA) is 36.4 Å². The van der Waals surface area contributed by atoms with Gasteiger partial charge in [0.25, 0.3) is 0 Å². The molecular weight excluding hydrogens is 445 g/mol. The normalized spacial score (nSPS) is 11.9. The number of hydrogen-bond acceptors (Lipinski definition) is 2. The van der Waals surface area contributed by atoms with Crippen LogP contribution in [0.4, 0.5) is 17.6 Å². The van der Waals surface area contributed by atoms with E-state index in [2.05, 4.69) is 15.6 Å². The van der Waals surface area contributed by atoms with Gasteiger partial charge in [0.15, 0.2) is 29.2 Å². The molecule has 1 rings (SSSR count). The van der Waals surface area contributed by atoms with Crippen LogP contribution in [-0.4, -0.2) is 30.6 Å². The summed E-state index contributed by atoms with van der Waals surface area (Å²) in [6.07, 6.45) is 1.96. The summed E-state index contributed by atoms with van der Waals surface area (Å²) in [4.78, 5) is 3.90. The molecule has 0 aliphatic carbocycles. The summed E-state index contributed by atoms with van der Waals surface area (Å²) < 4.78 is 53.2. The number of aliphatic imine (C=N–C) groups is 1. The molecule has 0 amide bonds. The van der Waals surface area contributed by atoms with E-state index in [1.165, 1.54) is 7.05 Å². The van der Waals surface area contributed by atoms with Crippen molar-refractivity contribution in [3.63, 3.8) is 0 Å². The number of rotatable bonds is 5. The van der Waals surface area contributed by atoms with Crippen LogP contribution >= 0.6 is 35.7 Å². The average Bonchev–Trinajstić information content (AvgIpc) is 2.48. The molecule has 23 heavy (non-hydrogen) atoms. The molecule has 9 heteroatoms. The third-order valence-corrected chi connectivity index (χ3v) is 4.34. The Kier molecular flexibility index (Phi) is 9.26. The van der Waals surface area contributed by atoms with Crippen LogP contribution in [0.15, 0.2) is 11.1 Å². The van der Waals surface area contributed by atoms with Crippen LogP contribution in [0.25, 0.3) is 0 Å². The van der Waals surface area contributed by atoms with E-state index in [0.29, 0.717) is 6.54 Å². The van der Waals surface area contributed by atoms with Gasteiger partial charge in [0.1, 0.15) is 0 Å². The Morgan fingerprint density at radius 1 is 1.13 bits per heavy atom. The van der Waals surface area contributed by atoms with E-state index in [-0.39, 0.29) is 40.7 Å². The SMILES string of the molecule is CN=C(NCc1c(F)c(F)cc(F)c1F)NCC(C)(C)SC.I. The van der Waals surface area contributed by atoms with Crippen LogP contribution in [0.1, 0.15) is 19.4 Å². The summed E-state index contributed by atoms with van der Waals surface area (Å²) in [6, 6.07) is 0.183. The lowest BCUT2D eigenvalue weighted by molar-refractivity contribution is 0.437. The van der Waals surface area contributed by atoms with Crippen molar-refractivity contribution < 1.29 is 17.6 Å². The molecule has 1 aromatic rings. The molecule has 132 valence electrons. The van der Waals surface area contributed by atoms with Gasteiger partial charge < -0.3 is 10.6 Å². The molecule has 0 aromatic heterocycles. The summed E-state index contributed by atoms with van der Waals surface area (Å²) in [7, 11) is 1.49. The van der Waals surface area contributed by atoms with E-state index in [4.69, 9.17) is 0 Å². The van der Waals surface area contributed by atoms with Gasteiger partial charge in [-0.05, 0) is 20.1 Å². The smallest absolute Gasteiger partial charge is 0.191 e. The van der Waals surface area contributed by atoms with Gasteiger partial charge in [-0.1, -0.05) is 0 Å². The molecule has 0 atom stereocenters. The monoisotopic (exact) mass is 465 g/mol. The van der Waals surface area contributed by atoms with Crippen molar-refractivity contribution in [3.8, 4) is 0 Å². The maximum Gasteiger partial charge on any atom is 0.191 e. The molecule has 0 aliphatic rings. The van der Waals surface area contributed by atoms with E-state index in [9.17, 15) is 17.6 Å². The van der Waals surface area contributed by atoms with Crippen LogP contribution in [-0.2, 0) is 6.54 Å². The van der Waals surface area contributed by atoms with Crippen LogP contribution in [0.2, 0.25) is 0 Å². The molecule has 1 aromatic carbocycles. The van der Waals surface area contributed by atoms with Crippen LogP contribution in [0.5, 0.6) is 0 Å². The lowest BCUT2D eigenvalue weighted by Crippen LogP contribution is -2.43. The first-order valence-corrected chi connectivity index (χ1v) is 7.76. The van der Waals surface area contributed by atoms with Crippen molar-refractivity contribution in [2.75, 3.05) is 19.8 Å². The van der Waals surface area contributed by atoms with E-state index in [0.717, 1.165) is 0 Å². The Balaban J connectivity index is 0.00000484. The summed E-state index contributed by atoms with van der Waals surface area (Å²) in [5, 5.41) is 5.62. The van der Waals surface area contributed by atoms with Crippen molar-refractivity contribution in [1.82, 2.24) is 10.6 Å². The average molecular weight is 465 g/mol. The van der Waals surface area contributed by atoms with E-state index in [1.807, 2.05) is 20.1 Å². The fraction of sp³-hybridized carbons (Fsp3) is 0.500. The Labute approximate surface area is 154 Å². The van der Waals surface area contributed by atoms with Crippen molar-refractivity contribution >= 4 is 41.7 Å². The van der Waals surface area contributed by atoms with Crippen molar-refractivity contribution in [3.05, 3.63) is 34.9 Å². The standard InChI is InChI=1S/C14H19F4N3S.HI/c1-14(2,22-4)7-21-13(19-3)20-6-8-11(17)9(15)5-10(16)12(8)18;/h5H,6-7H2,1-4H3,(H2,19,20,21);1H. The zero-order valence-electron chi connectivity index (χ0n) is 13.3. The molecule has 0 saturated heterocycles. The molecule has 0 bridgehead atoms. The molecule has 0 aliphatic heterocycles. The predicted molar refractivity (Wildman–Crippen MR) is 97.5 cm³/mol. The number of nitrogens with one attached hydrogen (secondary N) is 2. The third kappa shape index (κ3) is 6.36. The highest BCUT2D eigenvalue weighted by molar-refractivity contribution is 14.0.